The predicted molar refractivity (Wildman–Crippen MR) is 75.8 cm³/mol. The Morgan fingerprint density at radius 3 is 2.94 bits per heavy atom. The van der Waals surface area contributed by atoms with E-state index in [0.29, 0.717) is 5.92 Å². The molecule has 1 atom stereocenters. The van der Waals surface area contributed by atoms with Gasteiger partial charge in [0.15, 0.2) is 0 Å². The van der Waals surface area contributed by atoms with E-state index in [4.69, 9.17) is 0 Å². The fourth-order valence-electron chi connectivity index (χ4n) is 2.16. The van der Waals surface area contributed by atoms with Crippen molar-refractivity contribution >= 4 is 31.6 Å². The van der Waals surface area contributed by atoms with Crippen molar-refractivity contribution in [3.05, 3.63) is 42.1 Å². The van der Waals surface area contributed by atoms with E-state index in [0.717, 1.165) is 5.52 Å². The van der Waals surface area contributed by atoms with Crippen LogP contribution in [-0.4, -0.2) is 4.98 Å². The third-order valence-electron chi connectivity index (χ3n) is 3.43. The van der Waals surface area contributed by atoms with Crippen LogP contribution in [0.4, 0.5) is 0 Å². The van der Waals surface area contributed by atoms with E-state index in [1.807, 2.05) is 23.6 Å². The van der Waals surface area contributed by atoms with Crippen molar-refractivity contribution in [2.24, 2.45) is 0 Å². The molecule has 2 aromatic heterocycles. The molecule has 0 aliphatic carbocycles. The number of pyridine rings is 1. The minimum atomic E-state index is 0.623. The molecular formula is C15H15NS. The Hall–Kier alpha value is -1.41. The van der Waals surface area contributed by atoms with Crippen LogP contribution in [0.25, 0.3) is 20.3 Å². The first-order valence-electron chi connectivity index (χ1n) is 6.06. The Morgan fingerprint density at radius 1 is 1.24 bits per heavy atom. The zero-order chi connectivity index (χ0) is 11.8. The molecule has 1 aromatic carbocycles. The molecule has 0 spiro atoms. The molecule has 3 aromatic rings. The third-order valence-corrected chi connectivity index (χ3v) is 4.56. The number of rotatable bonds is 2. The first-order valence-corrected chi connectivity index (χ1v) is 6.88. The largest absolute Gasteiger partial charge is 0.255 e. The zero-order valence-electron chi connectivity index (χ0n) is 10.1. The number of hydrogen-bond acceptors (Lipinski definition) is 2. The Kier molecular flexibility index (Phi) is 2.60. The molecule has 3 rings (SSSR count). The minimum Gasteiger partial charge on any atom is -0.255 e. The second-order valence-electron chi connectivity index (χ2n) is 4.52. The highest BCUT2D eigenvalue weighted by molar-refractivity contribution is 7.25. The molecule has 2 heterocycles. The summed E-state index contributed by atoms with van der Waals surface area (Å²) in [5.41, 5.74) is 2.57. The molecule has 0 N–H and O–H groups in total. The lowest BCUT2D eigenvalue weighted by Crippen LogP contribution is -1.89. The first kappa shape index (κ1) is 10.7. The van der Waals surface area contributed by atoms with Crippen molar-refractivity contribution in [1.82, 2.24) is 4.98 Å². The monoisotopic (exact) mass is 241 g/mol. The van der Waals surface area contributed by atoms with Crippen LogP contribution < -0.4 is 0 Å². The lowest BCUT2D eigenvalue weighted by Gasteiger charge is -2.08. The molecule has 86 valence electrons. The lowest BCUT2D eigenvalue weighted by atomic mass is 9.97. The number of fused-ring (bicyclic) bond motifs is 3. The molecule has 0 radical (unpaired) electrons. The van der Waals surface area contributed by atoms with E-state index >= 15 is 0 Å². The van der Waals surface area contributed by atoms with Crippen LogP contribution in [0.1, 0.15) is 31.7 Å². The summed E-state index contributed by atoms with van der Waals surface area (Å²) in [6.45, 7) is 4.52. The van der Waals surface area contributed by atoms with Crippen LogP contribution in [0.15, 0.2) is 36.5 Å². The quantitative estimate of drug-likeness (QED) is 0.617. The molecule has 0 aliphatic heterocycles. The zero-order valence-corrected chi connectivity index (χ0v) is 10.9. The summed E-state index contributed by atoms with van der Waals surface area (Å²) in [6.07, 6.45) is 3.06. The molecular weight excluding hydrogens is 226 g/mol. The summed E-state index contributed by atoms with van der Waals surface area (Å²) in [7, 11) is 0. The van der Waals surface area contributed by atoms with Gasteiger partial charge >= 0.3 is 0 Å². The number of nitrogens with zero attached hydrogens (tertiary/aromatic N) is 1. The third kappa shape index (κ3) is 1.73. The van der Waals surface area contributed by atoms with Gasteiger partial charge in [0.05, 0.1) is 10.2 Å². The molecule has 0 fully saturated rings. The van der Waals surface area contributed by atoms with Gasteiger partial charge in [-0.25, -0.2) is 0 Å². The summed E-state index contributed by atoms with van der Waals surface area (Å²) in [4.78, 5) is 4.51. The maximum absolute atomic E-state index is 4.51. The number of hydrogen-bond donors (Lipinski definition) is 0. The van der Waals surface area contributed by atoms with Crippen molar-refractivity contribution in [3.8, 4) is 0 Å². The van der Waals surface area contributed by atoms with Gasteiger partial charge in [-0.15, -0.1) is 11.3 Å². The topological polar surface area (TPSA) is 12.9 Å². The number of aromatic nitrogens is 1. The van der Waals surface area contributed by atoms with Crippen molar-refractivity contribution in [2.75, 3.05) is 0 Å². The van der Waals surface area contributed by atoms with Crippen LogP contribution in [0.5, 0.6) is 0 Å². The summed E-state index contributed by atoms with van der Waals surface area (Å²) in [6, 6.07) is 11.0. The van der Waals surface area contributed by atoms with Gasteiger partial charge in [0.2, 0.25) is 0 Å². The minimum absolute atomic E-state index is 0.623. The molecule has 0 amide bonds. The first-order chi connectivity index (χ1) is 8.29. The van der Waals surface area contributed by atoms with E-state index in [9.17, 15) is 0 Å². The SMILES string of the molecule is CCC(C)c1ccc2sc3cccnc3c2c1. The second-order valence-corrected chi connectivity index (χ2v) is 5.60. The smallest absolute Gasteiger partial charge is 0.0888 e. The maximum Gasteiger partial charge on any atom is 0.0888 e. The van der Waals surface area contributed by atoms with E-state index < -0.39 is 0 Å². The van der Waals surface area contributed by atoms with Crippen molar-refractivity contribution < 1.29 is 0 Å². The van der Waals surface area contributed by atoms with E-state index in [1.54, 1.807) is 0 Å². The van der Waals surface area contributed by atoms with Crippen LogP contribution in [0.3, 0.4) is 0 Å². The molecule has 0 bridgehead atoms. The van der Waals surface area contributed by atoms with Gasteiger partial charge in [-0.1, -0.05) is 19.9 Å². The van der Waals surface area contributed by atoms with E-state index in [2.05, 4.69) is 43.1 Å². The van der Waals surface area contributed by atoms with Gasteiger partial charge in [-0.2, -0.15) is 0 Å². The van der Waals surface area contributed by atoms with Gasteiger partial charge in [-0.05, 0) is 42.2 Å². The van der Waals surface area contributed by atoms with Crippen LogP contribution >= 0.6 is 11.3 Å². The Balaban J connectivity index is 2.30. The highest BCUT2D eigenvalue weighted by atomic mass is 32.1. The Bertz CT molecular complexity index is 669. The summed E-state index contributed by atoms with van der Waals surface area (Å²) < 4.78 is 2.62. The molecule has 0 saturated heterocycles. The standard InChI is InChI=1S/C15H15NS/c1-3-10(2)11-6-7-13-12(9-11)15-14(17-13)5-4-8-16-15/h4-10H,3H2,1-2H3. The van der Waals surface area contributed by atoms with Crippen molar-refractivity contribution in [1.29, 1.82) is 0 Å². The summed E-state index contributed by atoms with van der Waals surface area (Å²) in [5, 5.41) is 1.31. The lowest BCUT2D eigenvalue weighted by molar-refractivity contribution is 0.735. The summed E-state index contributed by atoms with van der Waals surface area (Å²) >= 11 is 1.83. The number of thiophene rings is 1. The van der Waals surface area contributed by atoms with Gasteiger partial charge in [0, 0.05) is 16.3 Å². The average molecular weight is 241 g/mol. The summed E-state index contributed by atoms with van der Waals surface area (Å²) in [5.74, 6) is 0.623. The second kappa shape index (κ2) is 4.11. The van der Waals surface area contributed by atoms with Gasteiger partial charge in [-0.3, -0.25) is 4.98 Å². The van der Waals surface area contributed by atoms with E-state index in [1.165, 1.54) is 26.8 Å². The molecule has 1 nitrogen and oxygen atoms in total. The van der Waals surface area contributed by atoms with Gasteiger partial charge < -0.3 is 0 Å². The van der Waals surface area contributed by atoms with Crippen LogP contribution in [0.2, 0.25) is 0 Å². The van der Waals surface area contributed by atoms with Crippen molar-refractivity contribution in [2.45, 2.75) is 26.2 Å². The average Bonchev–Trinajstić information content (AvgIpc) is 2.75. The number of benzene rings is 1. The fraction of sp³-hybridized carbons (Fsp3) is 0.267. The molecule has 2 heteroatoms. The molecule has 0 aliphatic rings. The van der Waals surface area contributed by atoms with Crippen LogP contribution in [-0.2, 0) is 0 Å². The highest BCUT2D eigenvalue weighted by Gasteiger charge is 2.08. The Labute approximate surface area is 105 Å². The van der Waals surface area contributed by atoms with Crippen molar-refractivity contribution in [3.63, 3.8) is 0 Å². The van der Waals surface area contributed by atoms with E-state index in [-0.39, 0.29) is 0 Å². The molecule has 0 saturated carbocycles. The fourth-order valence-corrected chi connectivity index (χ4v) is 3.20. The normalized spacial score (nSPS) is 13.3. The maximum atomic E-state index is 4.51. The Morgan fingerprint density at radius 2 is 2.12 bits per heavy atom. The molecule has 17 heavy (non-hydrogen) atoms. The van der Waals surface area contributed by atoms with Gasteiger partial charge in [0.25, 0.3) is 0 Å². The van der Waals surface area contributed by atoms with Crippen LogP contribution in [0, 0.1) is 0 Å². The predicted octanol–water partition coefficient (Wildman–Crippen LogP) is 4.96. The highest BCUT2D eigenvalue weighted by Crippen LogP contribution is 2.34. The molecule has 1 unspecified atom stereocenters. The van der Waals surface area contributed by atoms with Gasteiger partial charge in [0.1, 0.15) is 0 Å².